The molecule has 14 heavy (non-hydrogen) atoms. The standard InChI is InChI=1S/C9H14N4O/c1-10-9(14)8-5-13(6-12-8)7-2-3-11-4-7/h5-7,11H,2-4H2,1H3,(H,10,14). The van der Waals surface area contributed by atoms with Crippen LogP contribution in [0.1, 0.15) is 23.0 Å². The predicted molar refractivity (Wildman–Crippen MR) is 52.1 cm³/mol. The number of nitrogens with zero attached hydrogens (tertiary/aromatic N) is 2. The van der Waals surface area contributed by atoms with Crippen molar-refractivity contribution in [1.82, 2.24) is 20.2 Å². The van der Waals surface area contributed by atoms with Gasteiger partial charge in [0, 0.05) is 25.8 Å². The maximum atomic E-state index is 11.2. The van der Waals surface area contributed by atoms with Crippen molar-refractivity contribution in [3.8, 4) is 0 Å². The Hall–Kier alpha value is -1.36. The molecule has 2 rings (SSSR count). The number of hydrogen-bond acceptors (Lipinski definition) is 3. The van der Waals surface area contributed by atoms with E-state index >= 15 is 0 Å². The summed E-state index contributed by atoms with van der Waals surface area (Å²) in [5, 5.41) is 5.83. The Morgan fingerprint density at radius 3 is 3.29 bits per heavy atom. The highest BCUT2D eigenvalue weighted by Crippen LogP contribution is 2.14. The minimum Gasteiger partial charge on any atom is -0.354 e. The number of rotatable bonds is 2. The zero-order chi connectivity index (χ0) is 9.97. The predicted octanol–water partition coefficient (Wildman–Crippen LogP) is -0.223. The summed E-state index contributed by atoms with van der Waals surface area (Å²) >= 11 is 0. The Bertz CT molecular complexity index is 327. The summed E-state index contributed by atoms with van der Waals surface area (Å²) in [5.74, 6) is -0.130. The van der Waals surface area contributed by atoms with Crippen molar-refractivity contribution in [1.29, 1.82) is 0 Å². The Kier molecular flexibility index (Phi) is 2.49. The van der Waals surface area contributed by atoms with Crippen molar-refractivity contribution >= 4 is 5.91 Å². The van der Waals surface area contributed by atoms with Crippen LogP contribution in [0.3, 0.4) is 0 Å². The Balaban J connectivity index is 2.12. The van der Waals surface area contributed by atoms with E-state index in [1.807, 2.05) is 4.57 Å². The van der Waals surface area contributed by atoms with E-state index in [9.17, 15) is 4.79 Å². The maximum Gasteiger partial charge on any atom is 0.271 e. The molecular weight excluding hydrogens is 180 g/mol. The number of carbonyl (C=O) groups is 1. The molecule has 0 aromatic carbocycles. The number of amides is 1. The SMILES string of the molecule is CNC(=O)c1cn(C2CCNC2)cn1. The third kappa shape index (κ3) is 1.63. The molecule has 1 unspecified atom stereocenters. The molecule has 0 radical (unpaired) electrons. The molecule has 1 fully saturated rings. The molecule has 5 nitrogen and oxygen atoms in total. The first-order valence-corrected chi connectivity index (χ1v) is 4.77. The first kappa shape index (κ1) is 9.21. The highest BCUT2D eigenvalue weighted by Gasteiger charge is 2.17. The number of carbonyl (C=O) groups excluding carboxylic acids is 1. The molecule has 2 N–H and O–H groups in total. The van der Waals surface area contributed by atoms with Crippen molar-refractivity contribution in [2.75, 3.05) is 20.1 Å². The fraction of sp³-hybridized carbons (Fsp3) is 0.556. The molecule has 0 spiro atoms. The molecular formula is C9H14N4O. The third-order valence-electron chi connectivity index (χ3n) is 2.52. The minimum absolute atomic E-state index is 0.130. The second kappa shape index (κ2) is 3.79. The lowest BCUT2D eigenvalue weighted by molar-refractivity contribution is 0.0958. The maximum absolute atomic E-state index is 11.2. The lowest BCUT2D eigenvalue weighted by Crippen LogP contribution is -2.18. The summed E-state index contributed by atoms with van der Waals surface area (Å²) in [7, 11) is 1.61. The van der Waals surface area contributed by atoms with Crippen molar-refractivity contribution in [3.05, 3.63) is 18.2 Å². The van der Waals surface area contributed by atoms with Crippen LogP contribution in [-0.2, 0) is 0 Å². The first-order valence-electron chi connectivity index (χ1n) is 4.77. The van der Waals surface area contributed by atoms with E-state index in [4.69, 9.17) is 0 Å². The van der Waals surface area contributed by atoms with Gasteiger partial charge in [-0.05, 0) is 13.0 Å². The minimum atomic E-state index is -0.130. The van der Waals surface area contributed by atoms with E-state index in [2.05, 4.69) is 15.6 Å². The summed E-state index contributed by atoms with van der Waals surface area (Å²) in [6.45, 7) is 2.00. The van der Waals surface area contributed by atoms with Crippen LogP contribution in [0, 0.1) is 0 Å². The van der Waals surface area contributed by atoms with Crippen LogP contribution in [0.5, 0.6) is 0 Å². The van der Waals surface area contributed by atoms with E-state index < -0.39 is 0 Å². The molecule has 5 heteroatoms. The Morgan fingerprint density at radius 1 is 1.79 bits per heavy atom. The van der Waals surface area contributed by atoms with Crippen LogP contribution >= 0.6 is 0 Å². The van der Waals surface area contributed by atoms with Crippen LogP contribution in [-0.4, -0.2) is 35.6 Å². The van der Waals surface area contributed by atoms with E-state index in [-0.39, 0.29) is 5.91 Å². The van der Waals surface area contributed by atoms with Gasteiger partial charge in [-0.15, -0.1) is 0 Å². The summed E-state index contributed by atoms with van der Waals surface area (Å²) in [5.41, 5.74) is 0.486. The van der Waals surface area contributed by atoms with Gasteiger partial charge in [0.1, 0.15) is 5.69 Å². The van der Waals surface area contributed by atoms with E-state index in [0.29, 0.717) is 11.7 Å². The van der Waals surface area contributed by atoms with Crippen molar-refractivity contribution in [2.24, 2.45) is 0 Å². The van der Waals surface area contributed by atoms with E-state index in [0.717, 1.165) is 19.5 Å². The lowest BCUT2D eigenvalue weighted by Gasteiger charge is -2.08. The van der Waals surface area contributed by atoms with Crippen molar-refractivity contribution in [3.63, 3.8) is 0 Å². The van der Waals surface area contributed by atoms with Gasteiger partial charge in [0.2, 0.25) is 0 Å². The smallest absolute Gasteiger partial charge is 0.271 e. The normalized spacial score (nSPS) is 21.1. The van der Waals surface area contributed by atoms with Gasteiger partial charge in [0.05, 0.1) is 6.33 Å². The lowest BCUT2D eigenvalue weighted by atomic mass is 10.2. The van der Waals surface area contributed by atoms with Crippen LogP contribution in [0.25, 0.3) is 0 Å². The van der Waals surface area contributed by atoms with Gasteiger partial charge in [0.15, 0.2) is 0 Å². The fourth-order valence-electron chi connectivity index (χ4n) is 1.68. The molecule has 1 saturated heterocycles. The molecule has 76 valence electrons. The zero-order valence-corrected chi connectivity index (χ0v) is 8.16. The van der Waals surface area contributed by atoms with E-state index in [1.54, 1.807) is 19.6 Å². The van der Waals surface area contributed by atoms with Gasteiger partial charge >= 0.3 is 0 Å². The third-order valence-corrected chi connectivity index (χ3v) is 2.52. The topological polar surface area (TPSA) is 59.0 Å². The van der Waals surface area contributed by atoms with Gasteiger partial charge in [-0.25, -0.2) is 4.98 Å². The molecule has 0 aliphatic carbocycles. The molecule has 1 atom stereocenters. The van der Waals surface area contributed by atoms with Gasteiger partial charge in [-0.3, -0.25) is 4.79 Å². The first-order chi connectivity index (χ1) is 6.81. The van der Waals surface area contributed by atoms with Gasteiger partial charge in [-0.1, -0.05) is 0 Å². The summed E-state index contributed by atoms with van der Waals surface area (Å²) in [4.78, 5) is 15.3. The van der Waals surface area contributed by atoms with Gasteiger partial charge < -0.3 is 15.2 Å². The second-order valence-electron chi connectivity index (χ2n) is 3.43. The highest BCUT2D eigenvalue weighted by molar-refractivity contribution is 5.91. The molecule has 1 aliphatic heterocycles. The van der Waals surface area contributed by atoms with Crippen molar-refractivity contribution in [2.45, 2.75) is 12.5 Å². The Morgan fingerprint density at radius 2 is 2.64 bits per heavy atom. The number of nitrogens with one attached hydrogen (secondary N) is 2. The molecule has 2 heterocycles. The summed E-state index contributed by atoms with van der Waals surface area (Å²) in [6, 6.07) is 0.445. The van der Waals surface area contributed by atoms with Crippen LogP contribution < -0.4 is 10.6 Å². The largest absolute Gasteiger partial charge is 0.354 e. The summed E-state index contributed by atoms with van der Waals surface area (Å²) < 4.78 is 2.00. The Labute approximate surface area is 82.5 Å². The van der Waals surface area contributed by atoms with Gasteiger partial charge in [-0.2, -0.15) is 0 Å². The van der Waals surface area contributed by atoms with Crippen LogP contribution in [0.2, 0.25) is 0 Å². The number of hydrogen-bond donors (Lipinski definition) is 2. The molecule has 0 saturated carbocycles. The molecule has 1 aliphatic rings. The zero-order valence-electron chi connectivity index (χ0n) is 8.16. The molecule has 1 aromatic rings. The monoisotopic (exact) mass is 194 g/mol. The average molecular weight is 194 g/mol. The number of aromatic nitrogens is 2. The number of imidazole rings is 1. The van der Waals surface area contributed by atoms with Crippen LogP contribution in [0.15, 0.2) is 12.5 Å². The van der Waals surface area contributed by atoms with E-state index in [1.165, 1.54) is 0 Å². The highest BCUT2D eigenvalue weighted by atomic mass is 16.1. The average Bonchev–Trinajstić information content (AvgIpc) is 2.86. The second-order valence-corrected chi connectivity index (χ2v) is 3.43. The molecule has 1 amide bonds. The summed E-state index contributed by atoms with van der Waals surface area (Å²) in [6.07, 6.45) is 4.63. The van der Waals surface area contributed by atoms with Crippen LogP contribution in [0.4, 0.5) is 0 Å². The quantitative estimate of drug-likeness (QED) is 0.684. The fourth-order valence-corrected chi connectivity index (χ4v) is 1.68. The molecule has 0 bridgehead atoms. The van der Waals surface area contributed by atoms with Gasteiger partial charge in [0.25, 0.3) is 5.91 Å². The molecule has 1 aromatic heterocycles. The van der Waals surface area contributed by atoms with Crippen molar-refractivity contribution < 1.29 is 4.79 Å².